The summed E-state index contributed by atoms with van der Waals surface area (Å²) in [5.74, 6) is 1.77. The second-order valence-corrected chi connectivity index (χ2v) is 9.25. The van der Waals surface area contributed by atoms with E-state index >= 15 is 0 Å². The number of rotatable bonds is 8. The Morgan fingerprint density at radius 2 is 1.72 bits per heavy atom. The molecule has 1 saturated heterocycles. The monoisotopic (exact) mass is 448 g/mol. The zero-order valence-electron chi connectivity index (χ0n) is 19.5. The van der Waals surface area contributed by atoms with Gasteiger partial charge in [-0.2, -0.15) is 13.2 Å². The van der Waals surface area contributed by atoms with E-state index in [1.165, 1.54) is 23.4 Å². The van der Waals surface area contributed by atoms with Gasteiger partial charge in [0.15, 0.2) is 0 Å². The number of ether oxygens (including phenoxy) is 1. The average molecular weight is 449 g/mol. The van der Waals surface area contributed by atoms with Crippen molar-refractivity contribution < 1.29 is 17.9 Å². The largest absolute Gasteiger partial charge is 0.493 e. The van der Waals surface area contributed by atoms with Crippen LogP contribution in [0.15, 0.2) is 48.5 Å². The molecule has 0 saturated carbocycles. The van der Waals surface area contributed by atoms with E-state index in [1.807, 2.05) is 14.1 Å². The summed E-state index contributed by atoms with van der Waals surface area (Å²) in [6.45, 7) is 8.04. The third kappa shape index (κ3) is 6.41. The molecule has 3 rings (SSSR count). The smallest absolute Gasteiger partial charge is 0.416 e. The zero-order chi connectivity index (χ0) is 23.3. The van der Waals surface area contributed by atoms with Gasteiger partial charge in [0.05, 0.1) is 12.2 Å². The maximum atomic E-state index is 12.8. The lowest BCUT2D eigenvalue weighted by Crippen LogP contribution is -2.43. The van der Waals surface area contributed by atoms with Gasteiger partial charge >= 0.3 is 6.18 Å². The van der Waals surface area contributed by atoms with Crippen LogP contribution in [0, 0.1) is 11.8 Å². The van der Waals surface area contributed by atoms with Crippen LogP contribution in [0.1, 0.15) is 43.7 Å². The molecular formula is C26H35F3N2O. The van der Waals surface area contributed by atoms with Crippen LogP contribution in [0.5, 0.6) is 5.75 Å². The molecule has 0 N–H and O–H groups in total. The zero-order valence-corrected chi connectivity index (χ0v) is 19.5. The van der Waals surface area contributed by atoms with E-state index in [-0.39, 0.29) is 5.92 Å². The summed E-state index contributed by atoms with van der Waals surface area (Å²) in [6.07, 6.45) is -2.13. The summed E-state index contributed by atoms with van der Waals surface area (Å²) < 4.78 is 44.5. The topological polar surface area (TPSA) is 15.7 Å². The molecular weight excluding hydrogens is 413 g/mol. The molecule has 1 aliphatic heterocycles. The van der Waals surface area contributed by atoms with Crippen LogP contribution < -0.4 is 9.64 Å². The van der Waals surface area contributed by atoms with E-state index in [9.17, 15) is 13.2 Å². The van der Waals surface area contributed by atoms with Gasteiger partial charge in [0.2, 0.25) is 0 Å². The number of alkyl halides is 3. The first kappa shape index (κ1) is 24.4. The summed E-state index contributed by atoms with van der Waals surface area (Å²) in [4.78, 5) is 4.60. The number of hydrogen-bond donors (Lipinski definition) is 0. The van der Waals surface area contributed by atoms with Gasteiger partial charge in [0.25, 0.3) is 0 Å². The number of likely N-dealkylation sites (tertiary alicyclic amines) is 1. The van der Waals surface area contributed by atoms with Gasteiger partial charge in [-0.05, 0) is 66.8 Å². The van der Waals surface area contributed by atoms with Crippen molar-refractivity contribution in [2.75, 3.05) is 45.2 Å². The molecule has 32 heavy (non-hydrogen) atoms. The second-order valence-electron chi connectivity index (χ2n) is 9.25. The van der Waals surface area contributed by atoms with Crippen LogP contribution in [-0.2, 0) is 6.18 Å². The molecule has 0 amide bonds. The normalized spacial score (nSPS) is 20.7. The van der Waals surface area contributed by atoms with E-state index in [0.29, 0.717) is 24.2 Å². The Hall–Kier alpha value is -2.21. The van der Waals surface area contributed by atoms with Crippen molar-refractivity contribution in [1.82, 2.24) is 4.90 Å². The molecule has 1 heterocycles. The third-order valence-electron chi connectivity index (χ3n) is 6.57. The minimum Gasteiger partial charge on any atom is -0.493 e. The van der Waals surface area contributed by atoms with E-state index in [1.54, 1.807) is 0 Å². The Morgan fingerprint density at radius 1 is 1.06 bits per heavy atom. The van der Waals surface area contributed by atoms with Crippen LogP contribution in [0.2, 0.25) is 0 Å². The van der Waals surface area contributed by atoms with E-state index in [0.717, 1.165) is 44.6 Å². The Bertz CT molecular complexity index is 834. The molecule has 0 bridgehead atoms. The Balaban J connectivity index is 1.72. The summed E-state index contributed by atoms with van der Waals surface area (Å²) in [6, 6.07) is 13.7. The fraction of sp³-hybridized carbons (Fsp3) is 0.538. The van der Waals surface area contributed by atoms with Crippen molar-refractivity contribution in [2.24, 2.45) is 11.8 Å². The van der Waals surface area contributed by atoms with E-state index < -0.39 is 11.7 Å². The van der Waals surface area contributed by atoms with E-state index in [4.69, 9.17) is 4.74 Å². The van der Waals surface area contributed by atoms with Gasteiger partial charge in [-0.25, -0.2) is 0 Å². The molecule has 0 radical (unpaired) electrons. The maximum absolute atomic E-state index is 12.8. The van der Waals surface area contributed by atoms with E-state index in [2.05, 4.69) is 47.9 Å². The number of nitrogens with zero attached hydrogens (tertiary/aromatic N) is 2. The highest BCUT2D eigenvalue weighted by molar-refractivity contribution is 5.46. The highest BCUT2D eigenvalue weighted by Crippen LogP contribution is 2.35. The lowest BCUT2D eigenvalue weighted by atomic mass is 9.80. The maximum Gasteiger partial charge on any atom is 0.416 e. The molecule has 1 unspecified atom stereocenters. The molecule has 0 spiro atoms. The van der Waals surface area contributed by atoms with Crippen LogP contribution in [-0.4, -0.2) is 45.2 Å². The summed E-state index contributed by atoms with van der Waals surface area (Å²) >= 11 is 0. The van der Waals surface area contributed by atoms with Gasteiger partial charge in [-0.15, -0.1) is 0 Å². The van der Waals surface area contributed by atoms with Crippen molar-refractivity contribution in [1.29, 1.82) is 0 Å². The quantitative estimate of drug-likeness (QED) is 0.471. The minimum absolute atomic E-state index is 0.278. The summed E-state index contributed by atoms with van der Waals surface area (Å²) in [7, 11) is 4.06. The van der Waals surface area contributed by atoms with Crippen LogP contribution in [0.4, 0.5) is 18.9 Å². The van der Waals surface area contributed by atoms with Gasteiger partial charge in [0.1, 0.15) is 5.75 Å². The Morgan fingerprint density at radius 3 is 2.28 bits per heavy atom. The standard InChI is InChI=1S/C26H35F3N2O/c1-5-19(2)16-31-15-14-25(20-6-10-23(11-7-20)30(3)4)21(17-31)18-32-24-12-8-22(9-13-24)26(27,28)29/h6-13,19,21,25H,5,14-18H2,1-4H3/t19?,21-,25-/m1/s1. The highest BCUT2D eigenvalue weighted by atomic mass is 19.4. The first-order valence-electron chi connectivity index (χ1n) is 11.5. The second kappa shape index (κ2) is 10.6. The molecule has 2 aromatic rings. The first-order chi connectivity index (χ1) is 15.2. The lowest BCUT2D eigenvalue weighted by molar-refractivity contribution is -0.137. The number of benzene rings is 2. The van der Waals surface area contributed by atoms with Crippen molar-refractivity contribution >= 4 is 5.69 Å². The number of halogens is 3. The molecule has 1 fully saturated rings. The molecule has 2 aromatic carbocycles. The Labute approximate surface area is 190 Å². The van der Waals surface area contributed by atoms with Crippen LogP contribution in [0.3, 0.4) is 0 Å². The fourth-order valence-electron chi connectivity index (χ4n) is 4.41. The van der Waals surface area contributed by atoms with Gasteiger partial charge in [0, 0.05) is 38.8 Å². The fourth-order valence-corrected chi connectivity index (χ4v) is 4.41. The molecule has 1 aliphatic rings. The number of hydrogen-bond acceptors (Lipinski definition) is 3. The molecule has 6 heteroatoms. The first-order valence-corrected chi connectivity index (χ1v) is 11.5. The summed E-state index contributed by atoms with van der Waals surface area (Å²) in [5, 5.41) is 0. The highest BCUT2D eigenvalue weighted by Gasteiger charge is 2.32. The van der Waals surface area contributed by atoms with Gasteiger partial charge < -0.3 is 14.5 Å². The van der Waals surface area contributed by atoms with Gasteiger partial charge in [-0.1, -0.05) is 32.4 Å². The predicted octanol–water partition coefficient (Wildman–Crippen LogP) is 6.30. The van der Waals surface area contributed by atoms with Crippen molar-refractivity contribution in [3.05, 3.63) is 59.7 Å². The molecule has 3 atom stereocenters. The summed E-state index contributed by atoms with van der Waals surface area (Å²) in [5.41, 5.74) is 1.82. The average Bonchev–Trinajstić information content (AvgIpc) is 2.77. The van der Waals surface area contributed by atoms with Crippen molar-refractivity contribution in [2.45, 2.75) is 38.8 Å². The van der Waals surface area contributed by atoms with Gasteiger partial charge in [-0.3, -0.25) is 0 Å². The van der Waals surface area contributed by atoms with Crippen LogP contribution >= 0.6 is 0 Å². The predicted molar refractivity (Wildman–Crippen MR) is 124 cm³/mol. The molecule has 176 valence electrons. The third-order valence-corrected chi connectivity index (χ3v) is 6.57. The lowest BCUT2D eigenvalue weighted by Gasteiger charge is -2.39. The molecule has 3 nitrogen and oxygen atoms in total. The molecule has 0 aromatic heterocycles. The Kier molecular flexibility index (Phi) is 8.10. The minimum atomic E-state index is -4.33. The number of piperidine rings is 1. The number of anilines is 1. The molecule has 0 aliphatic carbocycles. The van der Waals surface area contributed by atoms with Crippen LogP contribution in [0.25, 0.3) is 0 Å². The van der Waals surface area contributed by atoms with Crippen molar-refractivity contribution in [3.8, 4) is 5.75 Å². The van der Waals surface area contributed by atoms with Crippen molar-refractivity contribution in [3.63, 3.8) is 0 Å². The SMILES string of the molecule is CCC(C)CN1CC[C@H](c2ccc(N(C)C)cc2)[C@@H](COc2ccc(C(F)(F)F)cc2)C1.